The molecule has 0 saturated carbocycles. The van der Waals surface area contributed by atoms with Crippen LogP contribution in [0.4, 0.5) is 0 Å². The van der Waals surface area contributed by atoms with E-state index in [9.17, 15) is 10.2 Å². The molecule has 5 N–H and O–H groups in total. The van der Waals surface area contributed by atoms with Crippen LogP contribution in [0, 0.1) is 5.92 Å². The molecular weight excluding hydrogens is 301 g/mol. The van der Waals surface area contributed by atoms with Gasteiger partial charge in [-0.1, -0.05) is 13.5 Å². The number of nitrogens with two attached hydrogens (primary N) is 1. The Hall–Kier alpha value is -1.07. The van der Waals surface area contributed by atoms with Crippen molar-refractivity contribution >= 4 is 19.1 Å². The lowest BCUT2D eigenvalue weighted by molar-refractivity contribution is -0.00674. The average molecular weight is 327 g/mol. The van der Waals surface area contributed by atoms with E-state index in [0.717, 1.165) is 6.16 Å². The third kappa shape index (κ3) is 3.63. The Morgan fingerprint density at radius 2 is 2.09 bits per heavy atom. The van der Waals surface area contributed by atoms with Crippen LogP contribution in [0.5, 0.6) is 0 Å². The van der Waals surface area contributed by atoms with E-state index in [4.69, 9.17) is 10.5 Å². The molecule has 0 radical (unpaired) electrons. The first kappa shape index (κ1) is 17.3. The van der Waals surface area contributed by atoms with Gasteiger partial charge in [0.2, 0.25) is 0 Å². The van der Waals surface area contributed by atoms with E-state index in [2.05, 4.69) is 36.5 Å². The van der Waals surface area contributed by atoms with E-state index in [0.29, 0.717) is 11.3 Å². The molecule has 7 heteroatoms. The van der Waals surface area contributed by atoms with Crippen LogP contribution >= 0.6 is 6.89 Å². The average Bonchev–Trinajstić information content (AvgIpc) is 2.65. The Morgan fingerprint density at radius 1 is 1.45 bits per heavy atom. The van der Waals surface area contributed by atoms with Crippen LogP contribution < -0.4 is 11.1 Å². The van der Waals surface area contributed by atoms with Crippen molar-refractivity contribution in [2.75, 3.05) is 19.5 Å². The normalized spacial score (nSPS) is 34.0. The number of ether oxygens (including phenoxy) is 1. The summed E-state index contributed by atoms with van der Waals surface area (Å²) < 4.78 is 5.95. The molecule has 5 atom stereocenters. The number of rotatable bonds is 4. The van der Waals surface area contributed by atoms with Crippen LogP contribution in [0.25, 0.3) is 0 Å². The van der Waals surface area contributed by atoms with E-state index >= 15 is 0 Å². The van der Waals surface area contributed by atoms with Crippen LogP contribution in [-0.4, -0.2) is 66.4 Å². The van der Waals surface area contributed by atoms with Gasteiger partial charge in [-0.25, -0.2) is 4.99 Å². The van der Waals surface area contributed by atoms with Gasteiger partial charge in [0.15, 0.2) is 5.96 Å². The fourth-order valence-corrected chi connectivity index (χ4v) is 4.80. The van der Waals surface area contributed by atoms with Crippen molar-refractivity contribution in [1.29, 1.82) is 0 Å². The molecule has 0 aromatic carbocycles. The van der Waals surface area contributed by atoms with Gasteiger partial charge in [0.25, 0.3) is 0 Å². The molecule has 0 aliphatic carbocycles. The first-order valence-corrected chi connectivity index (χ1v) is 10.3. The van der Waals surface area contributed by atoms with Crippen LogP contribution in [0.2, 0.25) is 0 Å². The second-order valence-corrected chi connectivity index (χ2v) is 11.0. The largest absolute Gasteiger partial charge is 0.388 e. The first-order valence-electron chi connectivity index (χ1n) is 7.29. The molecule has 0 aromatic heterocycles. The summed E-state index contributed by atoms with van der Waals surface area (Å²) in [6.45, 7) is 8.92. The number of hydrogen-bond acceptors (Lipinski definition) is 6. The maximum absolute atomic E-state index is 10.3. The topological polar surface area (TPSA) is 100 Å². The van der Waals surface area contributed by atoms with Crippen molar-refractivity contribution in [2.24, 2.45) is 16.6 Å². The van der Waals surface area contributed by atoms with Gasteiger partial charge in [-0.3, -0.25) is 0 Å². The summed E-state index contributed by atoms with van der Waals surface area (Å²) in [5.74, 6) is 0.352. The zero-order valence-electron chi connectivity index (χ0n) is 13.4. The van der Waals surface area contributed by atoms with Gasteiger partial charge in [0.1, 0.15) is 18.3 Å². The third-order valence-corrected chi connectivity index (χ3v) is 5.48. The lowest BCUT2D eigenvalue weighted by atomic mass is 9.96. The van der Waals surface area contributed by atoms with E-state index in [-0.39, 0.29) is 11.9 Å². The van der Waals surface area contributed by atoms with Gasteiger partial charge < -0.3 is 26.0 Å². The number of nitrogens with one attached hydrogen (secondary N) is 1. The summed E-state index contributed by atoms with van der Waals surface area (Å²) in [4.78, 5) is 3.98. The number of aliphatic hydroxyl groups is 2. The van der Waals surface area contributed by atoms with Gasteiger partial charge in [-0.2, -0.15) is 0 Å². The minimum Gasteiger partial charge on any atom is -0.388 e. The molecule has 2 heterocycles. The highest BCUT2D eigenvalue weighted by Gasteiger charge is 2.47. The van der Waals surface area contributed by atoms with Gasteiger partial charge in [0.05, 0.1) is 6.10 Å². The second kappa shape index (κ2) is 6.20. The quantitative estimate of drug-likeness (QED) is 0.550. The Kier molecular flexibility index (Phi) is 4.87. The Morgan fingerprint density at radius 3 is 2.64 bits per heavy atom. The number of guanidine groups is 1. The summed E-state index contributed by atoms with van der Waals surface area (Å²) in [6.07, 6.45) is 3.56. The molecule has 0 aromatic rings. The maximum Gasteiger partial charge on any atom is 0.197 e. The van der Waals surface area contributed by atoms with Crippen molar-refractivity contribution < 1.29 is 14.9 Å². The number of aliphatic imine (C=N–C) groups is 1. The van der Waals surface area contributed by atoms with Crippen LogP contribution in [0.1, 0.15) is 6.92 Å². The third-order valence-electron chi connectivity index (χ3n) is 3.92. The first-order chi connectivity index (χ1) is 10.1. The lowest BCUT2D eigenvalue weighted by Gasteiger charge is -2.26. The summed E-state index contributed by atoms with van der Waals surface area (Å²) in [5, 5.41) is 23.5. The van der Waals surface area contributed by atoms with Crippen molar-refractivity contribution in [2.45, 2.75) is 31.3 Å². The predicted molar refractivity (Wildman–Crippen MR) is 92.6 cm³/mol. The predicted octanol–water partition coefficient (Wildman–Crippen LogP) is 0.136. The molecule has 2 aliphatic rings. The summed E-state index contributed by atoms with van der Waals surface area (Å²) in [7, 11) is 0. The molecule has 2 aliphatic heterocycles. The Bertz CT molecular complexity index is 566. The van der Waals surface area contributed by atoms with E-state index < -0.39 is 31.3 Å². The van der Waals surface area contributed by atoms with E-state index in [1.807, 2.05) is 6.92 Å². The molecule has 0 bridgehead atoms. The van der Waals surface area contributed by atoms with Crippen LogP contribution in [-0.2, 0) is 4.74 Å². The summed E-state index contributed by atoms with van der Waals surface area (Å²) in [6, 6.07) is 0. The zero-order valence-corrected chi connectivity index (χ0v) is 14.3. The van der Waals surface area contributed by atoms with E-state index in [1.54, 1.807) is 0 Å². The molecule has 22 heavy (non-hydrogen) atoms. The molecule has 1 unspecified atom stereocenters. The zero-order chi connectivity index (χ0) is 16.7. The molecule has 124 valence electrons. The van der Waals surface area contributed by atoms with Gasteiger partial charge >= 0.3 is 0 Å². The van der Waals surface area contributed by atoms with Crippen molar-refractivity contribution in [3.63, 3.8) is 0 Å². The highest BCUT2D eigenvalue weighted by atomic mass is 31.2. The minimum atomic E-state index is -1.25. The molecule has 0 spiro atoms. The number of nitrogens with zero attached hydrogens (tertiary/aromatic N) is 1. The second-order valence-electron chi connectivity index (χ2n) is 6.80. The summed E-state index contributed by atoms with van der Waals surface area (Å²) >= 11 is 0. The molecular formula is C15H26N3O3P. The van der Waals surface area contributed by atoms with Crippen LogP contribution in [0.3, 0.4) is 0 Å². The molecule has 1 fully saturated rings. The highest BCUT2D eigenvalue weighted by molar-refractivity contribution is 7.72. The Balaban J connectivity index is 2.17. The monoisotopic (exact) mass is 327 g/mol. The van der Waals surface area contributed by atoms with Crippen LogP contribution in [0.15, 0.2) is 29.0 Å². The van der Waals surface area contributed by atoms with E-state index in [1.165, 1.54) is 6.20 Å². The lowest BCUT2D eigenvalue weighted by Crippen LogP contribution is -2.39. The van der Waals surface area contributed by atoms with Gasteiger partial charge in [0, 0.05) is 17.5 Å². The minimum absolute atomic E-state index is 0.106. The van der Waals surface area contributed by atoms with Crippen molar-refractivity contribution in [3.05, 3.63) is 24.0 Å². The molecule has 0 amide bonds. The fraction of sp³-hybridized carbons (Fsp3) is 0.600. The fourth-order valence-electron chi connectivity index (χ4n) is 3.04. The number of hydrogen-bond donors (Lipinski definition) is 4. The maximum atomic E-state index is 10.3. The highest BCUT2D eigenvalue weighted by Crippen LogP contribution is 2.41. The molecule has 6 nitrogen and oxygen atoms in total. The number of aliphatic hydroxyl groups excluding tert-OH is 2. The SMILES string of the molecule is C=C1NC(N)=NC=C1[C@@H]1O[C@H](C(C)CP(=C)(C)C)[C@@H](O)[C@H]1O. The summed E-state index contributed by atoms with van der Waals surface area (Å²) in [5.41, 5.74) is 6.71. The van der Waals surface area contributed by atoms with Crippen molar-refractivity contribution in [1.82, 2.24) is 5.32 Å². The molecule has 2 rings (SSSR count). The standard InChI is InChI=1S/C15H26N3O3P/c1-8(7-22(3,4)5)13-11(19)12(20)14(21-13)10-6-17-15(16)18-9(10)2/h6,8,11-14,19-20H,2-3,7H2,1,4-5H3,(H3,16,17,18)/t8?,11-,12+,13+,14-/m0/s1. The van der Waals surface area contributed by atoms with Crippen molar-refractivity contribution in [3.8, 4) is 0 Å². The molecule has 1 saturated heterocycles. The smallest absolute Gasteiger partial charge is 0.197 e. The van der Waals surface area contributed by atoms with Gasteiger partial charge in [-0.15, -0.1) is 13.2 Å². The Labute approximate surface area is 131 Å². The van der Waals surface area contributed by atoms with Gasteiger partial charge in [-0.05, 0) is 25.4 Å².